The smallest absolute Gasteiger partial charge is 0.306 e. The van der Waals surface area contributed by atoms with Gasteiger partial charge in [-0.15, -0.1) is 0 Å². The third kappa shape index (κ3) is 63.6. The van der Waals surface area contributed by atoms with Gasteiger partial charge in [0.05, 0.1) is 40.3 Å². The Hall–Kier alpha value is -3.79. The van der Waals surface area contributed by atoms with Crippen molar-refractivity contribution in [3.8, 4) is 0 Å². The molecule has 466 valence electrons. The van der Waals surface area contributed by atoms with E-state index in [9.17, 15) is 19.5 Å². The Morgan fingerprint density at radius 2 is 0.704 bits per heavy atom. The van der Waals surface area contributed by atoms with Crippen LogP contribution < -0.4 is 5.11 Å². The zero-order valence-corrected chi connectivity index (χ0v) is 53.1. The fourth-order valence-electron chi connectivity index (χ4n) is 9.22. The van der Waals surface area contributed by atoms with E-state index >= 15 is 0 Å². The number of quaternary nitrogens is 1. The van der Waals surface area contributed by atoms with Gasteiger partial charge in [-0.25, -0.2) is 0 Å². The third-order valence-electron chi connectivity index (χ3n) is 14.3. The Balaban J connectivity index is 4.11. The number of unbranched alkanes of at least 4 members (excludes halogenated alkanes) is 30. The highest BCUT2D eigenvalue weighted by molar-refractivity contribution is 5.70. The third-order valence-corrected chi connectivity index (χ3v) is 14.3. The van der Waals surface area contributed by atoms with Crippen LogP contribution in [0.25, 0.3) is 0 Å². The maximum atomic E-state index is 12.9. The molecule has 0 saturated carbocycles. The van der Waals surface area contributed by atoms with Crippen molar-refractivity contribution in [3.63, 3.8) is 0 Å². The lowest BCUT2D eigenvalue weighted by Gasteiger charge is -2.26. The van der Waals surface area contributed by atoms with Gasteiger partial charge in [0.25, 0.3) is 0 Å². The van der Waals surface area contributed by atoms with E-state index in [0.29, 0.717) is 17.4 Å². The molecule has 0 heterocycles. The van der Waals surface area contributed by atoms with Crippen molar-refractivity contribution in [3.05, 3.63) is 97.2 Å². The Morgan fingerprint density at radius 3 is 1.05 bits per heavy atom. The molecule has 81 heavy (non-hydrogen) atoms. The molecule has 0 rings (SSSR count). The molecule has 0 aromatic rings. The van der Waals surface area contributed by atoms with E-state index in [4.69, 9.17) is 18.9 Å². The number of nitrogens with zero attached hydrogens (tertiary/aromatic N) is 1. The predicted molar refractivity (Wildman–Crippen MR) is 343 cm³/mol. The number of carbonyl (C=O) groups excluding carboxylic acids is 3. The largest absolute Gasteiger partial charge is 0.545 e. The zero-order valence-electron chi connectivity index (χ0n) is 53.1. The van der Waals surface area contributed by atoms with Crippen LogP contribution in [0, 0.1) is 0 Å². The van der Waals surface area contributed by atoms with Gasteiger partial charge in [0.1, 0.15) is 13.2 Å². The van der Waals surface area contributed by atoms with Gasteiger partial charge in [-0.1, -0.05) is 272 Å². The van der Waals surface area contributed by atoms with Crippen molar-refractivity contribution in [2.45, 2.75) is 296 Å². The summed E-state index contributed by atoms with van der Waals surface area (Å²) in [6.07, 6.45) is 81.9. The Morgan fingerprint density at radius 1 is 0.383 bits per heavy atom. The fourth-order valence-corrected chi connectivity index (χ4v) is 9.22. The summed E-state index contributed by atoms with van der Waals surface area (Å²) in [4.78, 5) is 37.4. The van der Waals surface area contributed by atoms with Crippen molar-refractivity contribution >= 4 is 17.9 Å². The summed E-state index contributed by atoms with van der Waals surface area (Å²) in [5.41, 5.74) is 0. The highest BCUT2D eigenvalue weighted by Crippen LogP contribution is 2.17. The topological polar surface area (TPSA) is 111 Å². The number of carbonyl (C=O) groups is 3. The Labute approximate surface area is 499 Å². The maximum absolute atomic E-state index is 12.9. The van der Waals surface area contributed by atoms with Gasteiger partial charge in [-0.3, -0.25) is 9.59 Å². The summed E-state index contributed by atoms with van der Waals surface area (Å²) in [5, 5.41) is 11.8. The van der Waals surface area contributed by atoms with E-state index in [2.05, 4.69) is 111 Å². The number of esters is 2. The molecule has 0 spiro atoms. The molecule has 0 aromatic carbocycles. The fraction of sp³-hybridized carbons (Fsp3) is 0.736. The molecule has 9 nitrogen and oxygen atoms in total. The first kappa shape index (κ1) is 77.2. The SMILES string of the molecule is CC/C=C\C/C=C\C/C=C\C/C=C\C/C=C\CCCCCCCCCCCCCCCCCCCCCC(=O)OC(COC(=O)CCCCCCCC/C=C\C/C=C\C/C=C\CCCCCCC)COC(OCC[N+](C)(C)C)C(=O)[O-]. The van der Waals surface area contributed by atoms with Crippen LogP contribution >= 0.6 is 0 Å². The lowest BCUT2D eigenvalue weighted by molar-refractivity contribution is -0.870. The molecular weight excluding hydrogens is 1010 g/mol. The molecule has 0 aliphatic carbocycles. The second kappa shape index (κ2) is 62.3. The summed E-state index contributed by atoms with van der Waals surface area (Å²) in [6.45, 7) is 4.63. The molecule has 0 fully saturated rings. The minimum atomic E-state index is -1.63. The molecular formula is C72H125NO8. The molecule has 0 aliphatic heterocycles. The van der Waals surface area contributed by atoms with Gasteiger partial charge < -0.3 is 33.3 Å². The van der Waals surface area contributed by atoms with E-state index in [1.54, 1.807) is 0 Å². The van der Waals surface area contributed by atoms with Gasteiger partial charge in [0, 0.05) is 12.8 Å². The first-order valence-corrected chi connectivity index (χ1v) is 33.4. The Bertz CT molecular complexity index is 1650. The number of likely N-dealkylation sites (N-methyl/N-ethyl adjacent to an activating group) is 1. The van der Waals surface area contributed by atoms with Crippen LogP contribution in [0.3, 0.4) is 0 Å². The number of carboxylic acids is 1. The predicted octanol–water partition coefficient (Wildman–Crippen LogP) is 19.1. The van der Waals surface area contributed by atoms with Crippen LogP contribution in [0.1, 0.15) is 284 Å². The number of ether oxygens (including phenoxy) is 4. The van der Waals surface area contributed by atoms with E-state index < -0.39 is 24.3 Å². The van der Waals surface area contributed by atoms with Crippen LogP contribution in [0.2, 0.25) is 0 Å². The molecule has 0 aliphatic rings. The molecule has 0 amide bonds. The summed E-state index contributed by atoms with van der Waals surface area (Å²) in [5.74, 6) is -2.29. The highest BCUT2D eigenvalue weighted by atomic mass is 16.7. The summed E-state index contributed by atoms with van der Waals surface area (Å²) < 4.78 is 22.8. The molecule has 0 saturated heterocycles. The summed E-state index contributed by atoms with van der Waals surface area (Å²) in [6, 6.07) is 0. The maximum Gasteiger partial charge on any atom is 0.306 e. The molecule has 0 N–H and O–H groups in total. The van der Waals surface area contributed by atoms with Crippen molar-refractivity contribution in [1.29, 1.82) is 0 Å². The first-order chi connectivity index (χ1) is 39.6. The van der Waals surface area contributed by atoms with Crippen LogP contribution in [0.5, 0.6) is 0 Å². The minimum absolute atomic E-state index is 0.143. The normalized spacial score (nSPS) is 13.3. The Kier molecular flexibility index (Phi) is 59.3. The van der Waals surface area contributed by atoms with Gasteiger partial charge in [-0.2, -0.15) is 0 Å². The standard InChI is InChI=1S/C72H125NO8/c1-6-8-10-12-14-16-18-20-22-24-26-28-29-30-31-32-33-34-35-36-37-38-39-40-41-43-45-47-49-51-53-55-57-59-61-63-70(75)81-68(67-80-72(71(76)77)78-65-64-73(3,4)5)66-79-69(74)62-60-58-56-54-52-50-48-46-44-42-27-25-23-21-19-17-15-13-11-9-7-2/h8,10,14,16,19-22,25-28,30-31,44,46,68,72H,6-7,9,11-13,15,17-18,23-24,29,32-43,45,47-67H2,1-5H3/b10-8-,16-14-,21-19-,22-20-,27-25-,28-26-,31-30-,46-44-. The first-order valence-electron chi connectivity index (χ1n) is 33.4. The van der Waals surface area contributed by atoms with Crippen molar-refractivity contribution in [2.75, 3.05) is 47.5 Å². The van der Waals surface area contributed by atoms with Crippen molar-refractivity contribution in [2.24, 2.45) is 0 Å². The molecule has 9 heteroatoms. The minimum Gasteiger partial charge on any atom is -0.545 e. The number of carboxylic acid groups (broad SMARTS) is 1. The molecule has 0 bridgehead atoms. The van der Waals surface area contributed by atoms with Crippen LogP contribution in [-0.4, -0.2) is 82.3 Å². The molecule has 2 atom stereocenters. The van der Waals surface area contributed by atoms with E-state index in [0.717, 1.165) is 89.9 Å². The van der Waals surface area contributed by atoms with Crippen LogP contribution in [0.4, 0.5) is 0 Å². The molecule has 0 aromatic heterocycles. The van der Waals surface area contributed by atoms with E-state index in [1.165, 1.54) is 161 Å². The molecule has 2 unspecified atom stereocenters. The summed E-state index contributed by atoms with van der Waals surface area (Å²) >= 11 is 0. The van der Waals surface area contributed by atoms with Gasteiger partial charge in [-0.05, 0) is 96.3 Å². The molecule has 0 radical (unpaired) electrons. The zero-order chi connectivity index (χ0) is 59.1. The average molecular weight is 1130 g/mol. The van der Waals surface area contributed by atoms with Crippen molar-refractivity contribution in [1.82, 2.24) is 0 Å². The number of hydrogen-bond acceptors (Lipinski definition) is 8. The van der Waals surface area contributed by atoms with Crippen LogP contribution in [0.15, 0.2) is 97.2 Å². The van der Waals surface area contributed by atoms with Gasteiger partial charge in [0.15, 0.2) is 12.4 Å². The van der Waals surface area contributed by atoms with Gasteiger partial charge >= 0.3 is 11.9 Å². The van der Waals surface area contributed by atoms with Gasteiger partial charge in [0.2, 0.25) is 0 Å². The van der Waals surface area contributed by atoms with Crippen LogP contribution in [-0.2, 0) is 33.3 Å². The lowest BCUT2D eigenvalue weighted by Crippen LogP contribution is -2.44. The number of allylic oxidation sites excluding steroid dienone is 16. The number of rotatable bonds is 61. The second-order valence-corrected chi connectivity index (χ2v) is 23.4. The number of aliphatic carboxylic acids is 1. The lowest BCUT2D eigenvalue weighted by atomic mass is 10.0. The van der Waals surface area contributed by atoms with Crippen molar-refractivity contribution < 1.29 is 42.9 Å². The van der Waals surface area contributed by atoms with E-state index in [1.807, 2.05) is 21.1 Å². The second-order valence-electron chi connectivity index (χ2n) is 23.4. The summed E-state index contributed by atoms with van der Waals surface area (Å²) in [7, 11) is 5.92. The quantitative estimate of drug-likeness (QED) is 0.0195. The number of hydrogen-bond donors (Lipinski definition) is 0. The van der Waals surface area contributed by atoms with E-state index in [-0.39, 0.29) is 38.6 Å². The average Bonchev–Trinajstić information content (AvgIpc) is 3.44. The monoisotopic (exact) mass is 1130 g/mol. The highest BCUT2D eigenvalue weighted by Gasteiger charge is 2.22.